The Balaban J connectivity index is 1.50. The van der Waals surface area contributed by atoms with E-state index >= 15 is 0 Å². The molecule has 0 saturated heterocycles. The largest absolute Gasteiger partial charge is 0.489 e. The highest BCUT2D eigenvalue weighted by molar-refractivity contribution is 6.11. The Labute approximate surface area is 277 Å². The fourth-order valence-corrected chi connectivity index (χ4v) is 5.05. The second kappa shape index (κ2) is 13.4. The summed E-state index contributed by atoms with van der Waals surface area (Å²) in [7, 11) is 0. The molecule has 0 fully saturated rings. The van der Waals surface area contributed by atoms with Crippen molar-refractivity contribution in [3.05, 3.63) is 94.4 Å². The summed E-state index contributed by atoms with van der Waals surface area (Å²) in [4.78, 5) is 55.5. The van der Waals surface area contributed by atoms with Crippen LogP contribution in [0.4, 0.5) is 0 Å². The van der Waals surface area contributed by atoms with Crippen molar-refractivity contribution in [1.82, 2.24) is 20.2 Å². The lowest BCUT2D eigenvalue weighted by atomic mass is 9.78. The number of ketones is 1. The maximum Gasteiger partial charge on any atom is 0.324 e. The predicted molar refractivity (Wildman–Crippen MR) is 176 cm³/mol. The molecule has 0 spiro atoms. The zero-order valence-electron chi connectivity index (χ0n) is 27.8. The maximum atomic E-state index is 14.1. The van der Waals surface area contributed by atoms with Gasteiger partial charge in [-0.25, -0.2) is 4.68 Å². The van der Waals surface area contributed by atoms with E-state index in [1.54, 1.807) is 84.0 Å². The molecule has 3 aromatic carbocycles. The van der Waals surface area contributed by atoms with E-state index < -0.39 is 46.3 Å². The predicted octanol–water partition coefficient (Wildman–Crippen LogP) is 5.84. The van der Waals surface area contributed by atoms with Crippen molar-refractivity contribution in [2.24, 2.45) is 5.41 Å². The zero-order valence-corrected chi connectivity index (χ0v) is 27.8. The van der Waals surface area contributed by atoms with Crippen LogP contribution in [0.15, 0.2) is 82.1 Å². The number of carbonyl (C=O) groups is 3. The minimum Gasteiger partial charge on any atom is -0.489 e. The molecule has 0 unspecified atom stereocenters. The molecule has 12 heteroatoms. The lowest BCUT2D eigenvalue weighted by Gasteiger charge is -2.34. The molecule has 48 heavy (non-hydrogen) atoms. The molecule has 5 aromatic rings. The number of fused-ring (bicyclic) bond motifs is 2. The van der Waals surface area contributed by atoms with Crippen molar-refractivity contribution in [1.29, 1.82) is 0 Å². The fraction of sp³-hybridized carbons (Fsp3) is 0.361. The lowest BCUT2D eigenvalue weighted by molar-refractivity contribution is -0.186. The molecule has 2 aromatic heterocycles. The van der Waals surface area contributed by atoms with Crippen LogP contribution in [0.2, 0.25) is 0 Å². The second-order valence-corrected chi connectivity index (χ2v) is 13.5. The van der Waals surface area contributed by atoms with Crippen LogP contribution in [0.1, 0.15) is 70.4 Å². The quantitative estimate of drug-likeness (QED) is 0.0958. The van der Waals surface area contributed by atoms with Gasteiger partial charge in [0.1, 0.15) is 29.1 Å². The second-order valence-electron chi connectivity index (χ2n) is 13.5. The van der Waals surface area contributed by atoms with Gasteiger partial charge in [-0.15, -0.1) is 5.10 Å². The van der Waals surface area contributed by atoms with Crippen LogP contribution in [-0.4, -0.2) is 49.1 Å². The van der Waals surface area contributed by atoms with E-state index in [-0.39, 0.29) is 24.2 Å². The molecule has 0 aliphatic carbocycles. The third kappa shape index (κ3) is 7.76. The summed E-state index contributed by atoms with van der Waals surface area (Å²) in [6.45, 7) is 9.96. The van der Waals surface area contributed by atoms with Crippen LogP contribution in [0.5, 0.6) is 5.75 Å². The van der Waals surface area contributed by atoms with Crippen molar-refractivity contribution in [2.75, 3.05) is 0 Å². The highest BCUT2D eigenvalue weighted by Crippen LogP contribution is 2.37. The number of aryl methyl sites for hydroxylation is 1. The van der Waals surface area contributed by atoms with Gasteiger partial charge in [0.25, 0.3) is 5.56 Å². The number of esters is 2. The monoisotopic (exact) mass is 654 g/mol. The van der Waals surface area contributed by atoms with E-state index in [0.29, 0.717) is 28.6 Å². The molecule has 0 aliphatic rings. The fourth-order valence-electron chi connectivity index (χ4n) is 5.05. The highest BCUT2D eigenvalue weighted by atomic mass is 16.6. The van der Waals surface area contributed by atoms with Crippen LogP contribution >= 0.6 is 0 Å². The summed E-state index contributed by atoms with van der Waals surface area (Å²) in [5.74, 6) is -2.13. The molecular formula is C36H38N4O8. The maximum absolute atomic E-state index is 14.1. The number of carbonyl (C=O) groups excluding carboxylic acids is 3. The summed E-state index contributed by atoms with van der Waals surface area (Å²) >= 11 is 0. The number of benzene rings is 3. The van der Waals surface area contributed by atoms with Gasteiger partial charge in [0, 0.05) is 19.0 Å². The lowest BCUT2D eigenvalue weighted by Crippen LogP contribution is -2.49. The average Bonchev–Trinajstić information content (AvgIpc) is 3.45. The minimum absolute atomic E-state index is 0.0845. The SMILES string of the molecule is CC(C)(C)OC(=O)C(CCn1nnc2ccccc2c1=O)(CC(=O)c1noc2cc(OCc3ccccc3)ccc12)C(=O)OC(C)(C)C. The zero-order chi connectivity index (χ0) is 34.7. The number of ether oxygens (including phenoxy) is 3. The Morgan fingerprint density at radius 3 is 2.12 bits per heavy atom. The van der Waals surface area contributed by atoms with Crippen molar-refractivity contribution in [3.63, 3.8) is 0 Å². The molecule has 0 aliphatic heterocycles. The van der Waals surface area contributed by atoms with Gasteiger partial charge in [-0.2, -0.15) is 0 Å². The molecule has 0 radical (unpaired) electrons. The van der Waals surface area contributed by atoms with Crippen molar-refractivity contribution in [3.8, 4) is 5.75 Å². The van der Waals surface area contributed by atoms with Gasteiger partial charge in [-0.05, 0) is 77.8 Å². The molecule has 5 rings (SSSR count). The van der Waals surface area contributed by atoms with Gasteiger partial charge in [-0.1, -0.05) is 52.8 Å². The van der Waals surface area contributed by atoms with E-state index in [0.717, 1.165) is 10.2 Å². The van der Waals surface area contributed by atoms with Gasteiger partial charge < -0.3 is 18.7 Å². The summed E-state index contributed by atoms with van der Waals surface area (Å²) in [5.41, 5.74) is -3.14. The first-order valence-electron chi connectivity index (χ1n) is 15.5. The number of nitrogens with zero attached hydrogens (tertiary/aromatic N) is 4. The van der Waals surface area contributed by atoms with Crippen molar-refractivity contribution in [2.45, 2.75) is 78.7 Å². The minimum atomic E-state index is -2.19. The third-order valence-corrected chi connectivity index (χ3v) is 7.38. The average molecular weight is 655 g/mol. The van der Waals surface area contributed by atoms with Crippen LogP contribution in [0.3, 0.4) is 0 Å². The van der Waals surface area contributed by atoms with Crippen LogP contribution in [-0.2, 0) is 32.2 Å². The van der Waals surface area contributed by atoms with E-state index in [1.165, 1.54) is 0 Å². The number of Topliss-reactive ketones (excluding diaryl/α,β-unsaturated/α-hetero) is 1. The first-order chi connectivity index (χ1) is 22.6. The van der Waals surface area contributed by atoms with E-state index in [1.807, 2.05) is 30.3 Å². The molecule has 250 valence electrons. The molecule has 0 saturated carbocycles. The Bertz CT molecular complexity index is 1990. The topological polar surface area (TPSA) is 153 Å². The smallest absolute Gasteiger partial charge is 0.324 e. The van der Waals surface area contributed by atoms with E-state index in [2.05, 4.69) is 15.5 Å². The number of hydrogen-bond donors (Lipinski definition) is 0. The van der Waals surface area contributed by atoms with Gasteiger partial charge in [0.15, 0.2) is 22.5 Å². The van der Waals surface area contributed by atoms with Gasteiger partial charge in [0.2, 0.25) is 0 Å². The Morgan fingerprint density at radius 2 is 1.46 bits per heavy atom. The molecule has 0 amide bonds. The Hall–Kier alpha value is -5.39. The summed E-state index contributed by atoms with van der Waals surface area (Å²) in [6, 6.07) is 21.2. The normalized spacial score (nSPS) is 12.2. The van der Waals surface area contributed by atoms with Gasteiger partial charge in [0.05, 0.1) is 10.8 Å². The van der Waals surface area contributed by atoms with Crippen LogP contribution in [0, 0.1) is 5.41 Å². The highest BCUT2D eigenvalue weighted by Gasteiger charge is 2.53. The summed E-state index contributed by atoms with van der Waals surface area (Å²) in [6.07, 6.45) is -1.04. The van der Waals surface area contributed by atoms with Gasteiger partial charge >= 0.3 is 11.9 Å². The van der Waals surface area contributed by atoms with Crippen molar-refractivity contribution < 1.29 is 33.1 Å². The number of rotatable bonds is 11. The third-order valence-electron chi connectivity index (χ3n) is 7.38. The standard InChI is InChI=1S/C36H38N4O8/c1-34(2,3)46-32(43)36(33(44)47-35(4,5)6,18-19-40-31(42)25-14-10-11-15-27(25)37-39-40)21-28(41)30-26-17-16-24(20-29(26)48-38-30)45-22-23-12-8-7-9-13-23/h7-17,20H,18-19,21-22H2,1-6H3. The molecule has 12 nitrogen and oxygen atoms in total. The molecule has 0 N–H and O–H groups in total. The number of aromatic nitrogens is 4. The summed E-state index contributed by atoms with van der Waals surface area (Å²) in [5, 5.41) is 12.8. The first kappa shape index (κ1) is 34.0. The first-order valence-corrected chi connectivity index (χ1v) is 15.5. The summed E-state index contributed by atoms with van der Waals surface area (Å²) < 4.78 is 23.9. The van der Waals surface area contributed by atoms with E-state index in [9.17, 15) is 19.2 Å². The number of hydrogen-bond acceptors (Lipinski definition) is 11. The Kier molecular flexibility index (Phi) is 9.47. The molecular weight excluding hydrogens is 616 g/mol. The Morgan fingerprint density at radius 1 is 0.812 bits per heavy atom. The van der Waals surface area contributed by atoms with E-state index in [4.69, 9.17) is 18.7 Å². The van der Waals surface area contributed by atoms with Crippen LogP contribution in [0.25, 0.3) is 21.9 Å². The van der Waals surface area contributed by atoms with Crippen LogP contribution < -0.4 is 10.3 Å². The van der Waals surface area contributed by atoms with Crippen molar-refractivity contribution >= 4 is 39.6 Å². The molecule has 2 heterocycles. The molecule has 0 bridgehead atoms. The molecule has 0 atom stereocenters. The van der Waals surface area contributed by atoms with Gasteiger partial charge in [-0.3, -0.25) is 19.2 Å².